The van der Waals surface area contributed by atoms with Gasteiger partial charge in [0.1, 0.15) is 0 Å². The second-order valence-corrected chi connectivity index (χ2v) is 5.72. The van der Waals surface area contributed by atoms with E-state index in [9.17, 15) is 8.42 Å². The lowest BCUT2D eigenvalue weighted by Gasteiger charge is -2.00. The summed E-state index contributed by atoms with van der Waals surface area (Å²) in [6, 6.07) is 0. The smallest absolute Gasteiger partial charge is 0.264 e. The van der Waals surface area contributed by atoms with Crippen LogP contribution in [-0.2, 0) is 14.9 Å². The van der Waals surface area contributed by atoms with Gasteiger partial charge in [0.05, 0.1) is 18.5 Å². The van der Waals surface area contributed by atoms with Crippen LogP contribution in [0.2, 0.25) is 0 Å². The highest BCUT2D eigenvalue weighted by molar-refractivity contribution is 7.85. The van der Waals surface area contributed by atoms with Gasteiger partial charge in [-0.25, -0.2) is 0 Å². The number of unbranched alkanes of at least 4 members (excludes halogenated alkanes) is 5. The van der Waals surface area contributed by atoms with Crippen LogP contribution in [-0.4, -0.2) is 31.4 Å². The molecule has 0 spiro atoms. The van der Waals surface area contributed by atoms with Gasteiger partial charge in [-0.1, -0.05) is 32.1 Å². The first-order chi connectivity index (χ1) is 7.08. The normalized spacial score (nSPS) is 20.5. The standard InChI is InChI=1S/C10H20O4S/c11-15(12,13)8-6-4-2-1-3-5-7-10-9-14-10/h10H,1-9H2,(H,11,12,13). The maximum Gasteiger partial charge on any atom is 0.264 e. The van der Waals surface area contributed by atoms with E-state index in [0.29, 0.717) is 12.5 Å². The number of epoxide rings is 1. The van der Waals surface area contributed by atoms with Crippen molar-refractivity contribution in [3.8, 4) is 0 Å². The third-order valence-corrected chi connectivity index (χ3v) is 3.39. The molecule has 4 nitrogen and oxygen atoms in total. The molecule has 1 unspecified atom stereocenters. The molecule has 1 fully saturated rings. The number of ether oxygens (including phenoxy) is 1. The quantitative estimate of drug-likeness (QED) is 0.378. The number of hydrogen-bond acceptors (Lipinski definition) is 3. The Morgan fingerprint density at radius 1 is 1.07 bits per heavy atom. The molecule has 0 aromatic carbocycles. The molecule has 0 amide bonds. The third-order valence-electron chi connectivity index (χ3n) is 2.58. The van der Waals surface area contributed by atoms with Crippen molar-refractivity contribution in [1.82, 2.24) is 0 Å². The zero-order chi connectivity index (χ0) is 11.1. The van der Waals surface area contributed by atoms with E-state index in [1.54, 1.807) is 0 Å². The Morgan fingerprint density at radius 3 is 2.13 bits per heavy atom. The van der Waals surface area contributed by atoms with E-state index in [1.165, 1.54) is 19.3 Å². The molecule has 0 bridgehead atoms. The summed E-state index contributed by atoms with van der Waals surface area (Å²) in [7, 11) is -3.74. The zero-order valence-corrected chi connectivity index (χ0v) is 9.84. The molecule has 0 aliphatic carbocycles. The van der Waals surface area contributed by atoms with E-state index in [1.807, 2.05) is 0 Å². The van der Waals surface area contributed by atoms with E-state index in [-0.39, 0.29) is 5.75 Å². The van der Waals surface area contributed by atoms with Crippen LogP contribution in [0.25, 0.3) is 0 Å². The lowest BCUT2D eigenvalue weighted by atomic mass is 10.1. The minimum absolute atomic E-state index is 0.0943. The Kier molecular flexibility index (Phi) is 5.56. The van der Waals surface area contributed by atoms with Crippen molar-refractivity contribution in [3.05, 3.63) is 0 Å². The van der Waals surface area contributed by atoms with E-state index >= 15 is 0 Å². The van der Waals surface area contributed by atoms with Crippen LogP contribution in [0.15, 0.2) is 0 Å². The maximum atomic E-state index is 10.4. The van der Waals surface area contributed by atoms with Crippen molar-refractivity contribution in [2.45, 2.75) is 51.0 Å². The van der Waals surface area contributed by atoms with E-state index in [2.05, 4.69) is 0 Å². The van der Waals surface area contributed by atoms with Gasteiger partial charge in [-0.15, -0.1) is 0 Å². The van der Waals surface area contributed by atoms with Gasteiger partial charge in [0.15, 0.2) is 0 Å². The average Bonchev–Trinajstić information content (AvgIpc) is 2.91. The predicted octanol–water partition coefficient (Wildman–Crippen LogP) is 2.00. The Bertz CT molecular complexity index is 257. The Balaban J connectivity index is 1.76. The third kappa shape index (κ3) is 8.84. The molecule has 0 saturated carbocycles. The highest BCUT2D eigenvalue weighted by Gasteiger charge is 2.20. The van der Waals surface area contributed by atoms with Crippen LogP contribution in [0, 0.1) is 0 Å². The topological polar surface area (TPSA) is 66.9 Å². The lowest BCUT2D eigenvalue weighted by Crippen LogP contribution is -2.03. The van der Waals surface area contributed by atoms with Gasteiger partial charge in [0, 0.05) is 0 Å². The van der Waals surface area contributed by atoms with E-state index in [0.717, 1.165) is 25.9 Å². The Hall–Kier alpha value is -0.130. The molecule has 1 aliphatic heterocycles. The van der Waals surface area contributed by atoms with Gasteiger partial charge in [0.25, 0.3) is 10.1 Å². The van der Waals surface area contributed by atoms with Gasteiger partial charge in [-0.2, -0.15) is 8.42 Å². The minimum Gasteiger partial charge on any atom is -0.373 e. The van der Waals surface area contributed by atoms with Crippen molar-refractivity contribution in [2.75, 3.05) is 12.4 Å². The van der Waals surface area contributed by atoms with Gasteiger partial charge in [-0.3, -0.25) is 4.55 Å². The Morgan fingerprint density at radius 2 is 1.60 bits per heavy atom. The highest BCUT2D eigenvalue weighted by Crippen LogP contribution is 2.17. The van der Waals surface area contributed by atoms with Crippen molar-refractivity contribution >= 4 is 10.1 Å². The summed E-state index contributed by atoms with van der Waals surface area (Å²) >= 11 is 0. The summed E-state index contributed by atoms with van der Waals surface area (Å²) in [6.07, 6.45) is 7.79. The maximum absolute atomic E-state index is 10.4. The molecule has 0 aromatic heterocycles. The van der Waals surface area contributed by atoms with Crippen molar-refractivity contribution < 1.29 is 17.7 Å². The molecular formula is C10H20O4S. The van der Waals surface area contributed by atoms with Crippen molar-refractivity contribution in [2.24, 2.45) is 0 Å². The van der Waals surface area contributed by atoms with Crippen LogP contribution in [0.5, 0.6) is 0 Å². The summed E-state index contributed by atoms with van der Waals surface area (Å²) in [6.45, 7) is 0.939. The summed E-state index contributed by atoms with van der Waals surface area (Å²) in [5.41, 5.74) is 0. The number of rotatable bonds is 9. The zero-order valence-electron chi connectivity index (χ0n) is 9.02. The van der Waals surface area contributed by atoms with E-state index < -0.39 is 10.1 Å². The summed E-state index contributed by atoms with van der Waals surface area (Å²) < 4.78 is 34.4. The van der Waals surface area contributed by atoms with Crippen LogP contribution >= 0.6 is 0 Å². The molecule has 15 heavy (non-hydrogen) atoms. The number of hydrogen-bond donors (Lipinski definition) is 1. The molecule has 1 rings (SSSR count). The van der Waals surface area contributed by atoms with Gasteiger partial charge >= 0.3 is 0 Å². The molecule has 0 aromatic rings. The molecule has 5 heteroatoms. The van der Waals surface area contributed by atoms with Crippen molar-refractivity contribution in [3.63, 3.8) is 0 Å². The van der Waals surface area contributed by atoms with E-state index in [4.69, 9.17) is 9.29 Å². The van der Waals surface area contributed by atoms with Gasteiger partial charge < -0.3 is 4.74 Å². The fourth-order valence-corrected chi connectivity index (χ4v) is 2.17. The van der Waals surface area contributed by atoms with Crippen LogP contribution in [0.4, 0.5) is 0 Å². The molecule has 0 radical (unpaired) electrons. The molecule has 1 saturated heterocycles. The second-order valence-electron chi connectivity index (χ2n) is 4.15. The summed E-state index contributed by atoms with van der Waals surface area (Å²) in [5, 5.41) is 0. The molecule has 1 atom stereocenters. The van der Waals surface area contributed by atoms with Gasteiger partial charge in [-0.05, 0) is 12.8 Å². The largest absolute Gasteiger partial charge is 0.373 e. The highest BCUT2D eigenvalue weighted by atomic mass is 32.2. The average molecular weight is 236 g/mol. The second kappa shape index (κ2) is 6.45. The first kappa shape index (κ1) is 12.9. The molecule has 90 valence electrons. The van der Waals surface area contributed by atoms with Crippen molar-refractivity contribution in [1.29, 1.82) is 0 Å². The predicted molar refractivity (Wildman–Crippen MR) is 58.5 cm³/mol. The van der Waals surface area contributed by atoms with Crippen LogP contribution < -0.4 is 0 Å². The van der Waals surface area contributed by atoms with Crippen LogP contribution in [0.1, 0.15) is 44.9 Å². The first-order valence-electron chi connectivity index (χ1n) is 5.65. The monoisotopic (exact) mass is 236 g/mol. The fourth-order valence-electron chi connectivity index (χ4n) is 1.60. The molecule has 1 N–H and O–H groups in total. The fraction of sp³-hybridized carbons (Fsp3) is 1.00. The first-order valence-corrected chi connectivity index (χ1v) is 7.25. The lowest BCUT2D eigenvalue weighted by molar-refractivity contribution is 0.387. The molecular weight excluding hydrogens is 216 g/mol. The summed E-state index contributed by atoms with van der Waals surface area (Å²) in [5.74, 6) is -0.0943. The van der Waals surface area contributed by atoms with Gasteiger partial charge in [0.2, 0.25) is 0 Å². The Labute approximate surface area is 91.8 Å². The SMILES string of the molecule is O=S(=O)(O)CCCCCCCCC1CO1. The van der Waals surface area contributed by atoms with Crippen LogP contribution in [0.3, 0.4) is 0 Å². The minimum atomic E-state index is -3.74. The summed E-state index contributed by atoms with van der Waals surface area (Å²) in [4.78, 5) is 0. The molecule has 1 heterocycles. The molecule has 1 aliphatic rings.